The van der Waals surface area contributed by atoms with Gasteiger partial charge in [-0.15, -0.1) is 0 Å². The maximum absolute atomic E-state index is 10.9. The Balaban J connectivity index is -0.000000169. The lowest BCUT2D eigenvalue weighted by Gasteiger charge is -2.04. The number of amides is 1. The molecule has 0 aromatic rings. The van der Waals surface area contributed by atoms with E-state index >= 15 is 0 Å². The highest BCUT2D eigenvalue weighted by Crippen LogP contribution is 1.84. The van der Waals surface area contributed by atoms with Crippen molar-refractivity contribution in [2.24, 2.45) is 5.73 Å². The first-order valence-corrected chi connectivity index (χ1v) is 5.35. The molecule has 3 N–H and O–H groups in total. The van der Waals surface area contributed by atoms with Crippen LogP contribution in [0.4, 0.5) is 0 Å². The first-order valence-electron chi connectivity index (χ1n) is 5.35. The first-order chi connectivity index (χ1) is 6.81. The summed E-state index contributed by atoms with van der Waals surface area (Å²) in [7, 11) is 0. The van der Waals surface area contributed by atoms with Crippen molar-refractivity contribution in [2.45, 2.75) is 33.6 Å². The summed E-state index contributed by atoms with van der Waals surface area (Å²) in [5.74, 6) is 0.0915. The van der Waals surface area contributed by atoms with E-state index in [-0.39, 0.29) is 8.76 Å². The zero-order valence-corrected chi connectivity index (χ0v) is 9.64. The smallest absolute Gasteiger partial charge is 0.220 e. The van der Waals surface area contributed by atoms with Gasteiger partial charge in [-0.1, -0.05) is 20.8 Å². The lowest BCUT2D eigenvalue weighted by molar-refractivity contribution is -0.121. The molecule has 0 saturated carbocycles. The molecular weight excluding hydrogens is 180 g/mol. The van der Waals surface area contributed by atoms with Crippen LogP contribution in [0, 0.1) is 0 Å². The van der Waals surface area contributed by atoms with Gasteiger partial charge in [0.2, 0.25) is 5.91 Å². The van der Waals surface area contributed by atoms with Gasteiger partial charge in [0.25, 0.3) is 0 Å². The molecule has 0 fully saturated rings. The Hall–Kier alpha value is -0.610. The lowest BCUT2D eigenvalue weighted by Crippen LogP contribution is -2.27. The van der Waals surface area contributed by atoms with E-state index in [1.807, 2.05) is 20.8 Å². The molecule has 0 saturated heterocycles. The quantitative estimate of drug-likeness (QED) is 0.622. The third kappa shape index (κ3) is 13.9. The van der Waals surface area contributed by atoms with Crippen LogP contribution >= 0.6 is 0 Å². The molecule has 0 aromatic heterocycles. The molecule has 0 spiro atoms. The van der Waals surface area contributed by atoms with Gasteiger partial charge in [0.05, 0.1) is 13.2 Å². The highest BCUT2D eigenvalue weighted by molar-refractivity contribution is 5.75. The normalized spacial score (nSPS) is 8.86. The predicted molar refractivity (Wildman–Crippen MR) is 63.4 cm³/mol. The van der Waals surface area contributed by atoms with Crippen LogP contribution < -0.4 is 11.1 Å². The summed E-state index contributed by atoms with van der Waals surface area (Å²) >= 11 is 0. The van der Waals surface area contributed by atoms with Crippen LogP contribution in [0.15, 0.2) is 0 Å². The average Bonchev–Trinajstić information content (AvgIpc) is 2.21. The third-order valence-corrected chi connectivity index (χ3v) is 1.31. The topological polar surface area (TPSA) is 64.3 Å². The summed E-state index contributed by atoms with van der Waals surface area (Å²) < 4.78 is 5.07. The summed E-state index contributed by atoms with van der Waals surface area (Å²) in [5.41, 5.74) is 5.21. The second kappa shape index (κ2) is 14.9. The van der Waals surface area contributed by atoms with E-state index in [4.69, 9.17) is 10.5 Å². The molecule has 4 nitrogen and oxygen atoms in total. The number of nitrogens with one attached hydrogen (secondary N) is 1. The van der Waals surface area contributed by atoms with Gasteiger partial charge in [0.1, 0.15) is 0 Å². The zero-order chi connectivity index (χ0) is 11.2. The van der Waals surface area contributed by atoms with E-state index in [9.17, 15) is 4.79 Å². The minimum Gasteiger partial charge on any atom is -0.378 e. The number of carbonyl (C=O) groups excluding carboxylic acids is 1. The largest absolute Gasteiger partial charge is 0.378 e. The molecule has 0 atom stereocenters. The van der Waals surface area contributed by atoms with Gasteiger partial charge in [-0.05, 0) is 6.42 Å². The summed E-state index contributed by atoms with van der Waals surface area (Å²) in [6.07, 6.45) is 1.48. The van der Waals surface area contributed by atoms with Gasteiger partial charge in [-0.25, -0.2) is 0 Å². The van der Waals surface area contributed by atoms with Crippen molar-refractivity contribution in [1.82, 2.24) is 5.32 Å². The fraction of sp³-hybridized carbons (Fsp3) is 0.900. The molecule has 90 valence electrons. The molecule has 0 aliphatic rings. The van der Waals surface area contributed by atoms with E-state index in [2.05, 4.69) is 5.32 Å². The van der Waals surface area contributed by atoms with Crippen molar-refractivity contribution in [1.29, 1.82) is 0 Å². The van der Waals surface area contributed by atoms with Crippen molar-refractivity contribution < 1.29 is 12.4 Å². The Labute approximate surface area is 90.2 Å². The molecule has 0 rings (SSSR count). The first kappa shape index (κ1) is 15.8. The van der Waals surface area contributed by atoms with Gasteiger partial charge >= 0.3 is 0 Å². The molecule has 14 heavy (non-hydrogen) atoms. The predicted octanol–water partition coefficient (Wildman–Crippen LogP) is 1.40. The molecule has 0 aromatic carbocycles. The van der Waals surface area contributed by atoms with Crippen LogP contribution in [0.5, 0.6) is 0 Å². The highest BCUT2D eigenvalue weighted by atomic mass is 16.5. The number of ether oxygens (including phenoxy) is 1. The third-order valence-electron chi connectivity index (χ3n) is 1.31. The van der Waals surface area contributed by atoms with Crippen molar-refractivity contribution in [3.05, 3.63) is 0 Å². The number of hydrogen-bond donors (Lipinski definition) is 2. The molecule has 0 heterocycles. The van der Waals surface area contributed by atoms with Crippen molar-refractivity contribution in [2.75, 3.05) is 26.3 Å². The van der Waals surface area contributed by atoms with Crippen LogP contribution in [-0.2, 0) is 9.53 Å². The number of nitrogens with two attached hydrogens (primary N) is 1. The molecule has 1 amide bonds. The standard InChI is InChI=1S/C8H18N2O2.C2H6.2H2/c1-2-3-8(11)10-5-7-12-6-4-9;1-2;;/h2-7,9H2,1H3,(H,10,11);1-2H3;2*1H. The van der Waals surface area contributed by atoms with Crippen molar-refractivity contribution >= 4 is 5.91 Å². The fourth-order valence-corrected chi connectivity index (χ4v) is 0.763. The highest BCUT2D eigenvalue weighted by Gasteiger charge is 1.96. The van der Waals surface area contributed by atoms with E-state index < -0.39 is 0 Å². The Morgan fingerprint density at radius 3 is 2.57 bits per heavy atom. The Kier molecular flexibility index (Phi) is 16.9. The minimum atomic E-state index is 0. The molecule has 0 unspecified atom stereocenters. The summed E-state index contributed by atoms with van der Waals surface area (Å²) in [6.45, 7) is 8.20. The fourth-order valence-electron chi connectivity index (χ4n) is 0.763. The summed E-state index contributed by atoms with van der Waals surface area (Å²) in [4.78, 5) is 10.9. The van der Waals surface area contributed by atoms with Gasteiger partial charge < -0.3 is 15.8 Å². The summed E-state index contributed by atoms with van der Waals surface area (Å²) in [6, 6.07) is 0. The van der Waals surface area contributed by atoms with Gasteiger partial charge in [-0.3, -0.25) is 4.79 Å². The molecule has 0 aliphatic carbocycles. The minimum absolute atomic E-state index is 0. The number of carbonyl (C=O) groups is 1. The second-order valence-electron chi connectivity index (χ2n) is 2.50. The Morgan fingerprint density at radius 2 is 2.07 bits per heavy atom. The summed E-state index contributed by atoms with van der Waals surface area (Å²) in [5, 5.41) is 2.74. The molecule has 0 radical (unpaired) electrons. The molecule has 0 aliphatic heterocycles. The average molecular weight is 208 g/mol. The van der Waals surface area contributed by atoms with E-state index in [0.717, 1.165) is 6.42 Å². The van der Waals surface area contributed by atoms with Gasteiger partial charge in [0.15, 0.2) is 0 Å². The van der Waals surface area contributed by atoms with Crippen LogP contribution in [0.2, 0.25) is 0 Å². The van der Waals surface area contributed by atoms with Gasteiger partial charge in [-0.2, -0.15) is 0 Å². The maximum Gasteiger partial charge on any atom is 0.220 e. The van der Waals surface area contributed by atoms with Gasteiger partial charge in [0, 0.05) is 22.4 Å². The molecule has 4 heteroatoms. The Bertz CT molecular complexity index is 127. The van der Waals surface area contributed by atoms with Crippen LogP contribution in [0.3, 0.4) is 0 Å². The van der Waals surface area contributed by atoms with Crippen molar-refractivity contribution in [3.63, 3.8) is 0 Å². The number of rotatable bonds is 7. The van der Waals surface area contributed by atoms with Crippen LogP contribution in [0.1, 0.15) is 36.5 Å². The van der Waals surface area contributed by atoms with Crippen LogP contribution in [0.25, 0.3) is 0 Å². The Morgan fingerprint density at radius 1 is 1.43 bits per heavy atom. The monoisotopic (exact) mass is 208 g/mol. The molecule has 0 bridgehead atoms. The van der Waals surface area contributed by atoms with E-state index in [1.54, 1.807) is 0 Å². The van der Waals surface area contributed by atoms with E-state index in [0.29, 0.717) is 32.7 Å². The lowest BCUT2D eigenvalue weighted by atomic mass is 10.3. The zero-order valence-electron chi connectivity index (χ0n) is 9.64. The molecular formula is C10H28N2O2. The maximum atomic E-state index is 10.9. The second-order valence-corrected chi connectivity index (χ2v) is 2.50. The number of hydrogen-bond acceptors (Lipinski definition) is 3. The van der Waals surface area contributed by atoms with E-state index in [1.165, 1.54) is 0 Å². The van der Waals surface area contributed by atoms with Crippen LogP contribution in [-0.4, -0.2) is 32.2 Å². The van der Waals surface area contributed by atoms with Crippen molar-refractivity contribution in [3.8, 4) is 0 Å². The SMILES string of the molecule is CC.CCCC(=O)NCCOCCN.[HH].[HH].